The van der Waals surface area contributed by atoms with Crippen LogP contribution in [-0.2, 0) is 6.42 Å². The van der Waals surface area contributed by atoms with Gasteiger partial charge in [-0.15, -0.1) is 35.5 Å². The van der Waals surface area contributed by atoms with Crippen molar-refractivity contribution < 1.29 is 0 Å². The number of thiophene rings is 1. The Morgan fingerprint density at radius 2 is 2.42 bits per heavy atom. The Morgan fingerprint density at radius 3 is 3.17 bits per heavy atom. The van der Waals surface area contributed by atoms with Crippen molar-refractivity contribution in [2.24, 2.45) is 4.99 Å². The predicted octanol–water partition coefficient (Wildman–Crippen LogP) is 2.84. The minimum absolute atomic E-state index is 0. The van der Waals surface area contributed by atoms with Crippen LogP contribution in [0.25, 0.3) is 0 Å². The van der Waals surface area contributed by atoms with E-state index in [1.807, 2.05) is 11.3 Å². The van der Waals surface area contributed by atoms with E-state index in [1.54, 1.807) is 11.8 Å². The molecule has 0 saturated heterocycles. The summed E-state index contributed by atoms with van der Waals surface area (Å²) in [6, 6.07) is 2.18. The van der Waals surface area contributed by atoms with E-state index in [2.05, 4.69) is 22.7 Å². The molecule has 1 aromatic rings. The first-order valence-corrected chi connectivity index (χ1v) is 5.67. The molecular formula is C8H10ClNS2. The van der Waals surface area contributed by atoms with E-state index in [9.17, 15) is 0 Å². The minimum Gasteiger partial charge on any atom is -0.277 e. The fraction of sp³-hybridized carbons (Fsp3) is 0.375. The van der Waals surface area contributed by atoms with Gasteiger partial charge in [-0.2, -0.15) is 0 Å². The van der Waals surface area contributed by atoms with Crippen LogP contribution in [0.3, 0.4) is 0 Å². The zero-order valence-corrected chi connectivity index (χ0v) is 9.19. The number of hydrogen-bond acceptors (Lipinski definition) is 3. The van der Waals surface area contributed by atoms with E-state index in [0.29, 0.717) is 0 Å². The number of aliphatic imine (C=N–C) groups is 1. The summed E-state index contributed by atoms with van der Waals surface area (Å²) < 4.78 is 0. The molecule has 0 unspecified atom stereocenters. The van der Waals surface area contributed by atoms with Gasteiger partial charge in [0.05, 0.1) is 5.04 Å². The van der Waals surface area contributed by atoms with Crippen LogP contribution >= 0.6 is 35.5 Å². The summed E-state index contributed by atoms with van der Waals surface area (Å²) in [7, 11) is 0. The Labute approximate surface area is 86.7 Å². The molecule has 0 fully saturated rings. The third kappa shape index (κ3) is 1.68. The van der Waals surface area contributed by atoms with Crippen molar-refractivity contribution in [3.05, 3.63) is 21.9 Å². The maximum absolute atomic E-state index is 4.45. The molecule has 0 aliphatic carbocycles. The van der Waals surface area contributed by atoms with Crippen LogP contribution < -0.4 is 0 Å². The molecule has 1 aromatic heterocycles. The molecule has 0 radical (unpaired) electrons. The lowest BCUT2D eigenvalue weighted by Crippen LogP contribution is -2.05. The summed E-state index contributed by atoms with van der Waals surface area (Å²) in [4.78, 5) is 5.95. The highest BCUT2D eigenvalue weighted by Crippen LogP contribution is 2.25. The molecule has 2 heterocycles. The van der Waals surface area contributed by atoms with E-state index in [4.69, 9.17) is 0 Å². The summed E-state index contributed by atoms with van der Waals surface area (Å²) in [5.41, 5.74) is 1.37. The molecule has 1 aliphatic heterocycles. The summed E-state index contributed by atoms with van der Waals surface area (Å²) in [5, 5.41) is 3.37. The van der Waals surface area contributed by atoms with E-state index in [0.717, 1.165) is 13.0 Å². The molecule has 1 aliphatic rings. The van der Waals surface area contributed by atoms with Crippen LogP contribution in [0.15, 0.2) is 16.4 Å². The Bertz CT molecular complexity index is 293. The second kappa shape index (κ2) is 4.30. The highest BCUT2D eigenvalue weighted by Gasteiger charge is 2.13. The van der Waals surface area contributed by atoms with Gasteiger partial charge in [0, 0.05) is 23.4 Å². The third-order valence-electron chi connectivity index (χ3n) is 1.76. The highest BCUT2D eigenvalue weighted by molar-refractivity contribution is 8.13. The number of fused-ring (bicyclic) bond motifs is 1. The van der Waals surface area contributed by atoms with E-state index in [1.165, 1.54) is 15.5 Å². The van der Waals surface area contributed by atoms with Crippen molar-refractivity contribution in [2.75, 3.05) is 12.8 Å². The van der Waals surface area contributed by atoms with E-state index in [-0.39, 0.29) is 12.4 Å². The van der Waals surface area contributed by atoms with Crippen LogP contribution in [0.4, 0.5) is 0 Å². The molecule has 0 atom stereocenters. The lowest BCUT2D eigenvalue weighted by Gasteiger charge is -2.09. The fourth-order valence-electron chi connectivity index (χ4n) is 1.24. The number of nitrogens with zero attached hydrogens (tertiary/aromatic N) is 1. The van der Waals surface area contributed by atoms with Crippen molar-refractivity contribution >= 4 is 40.5 Å². The van der Waals surface area contributed by atoms with Crippen LogP contribution in [0.2, 0.25) is 0 Å². The van der Waals surface area contributed by atoms with Crippen molar-refractivity contribution in [2.45, 2.75) is 6.42 Å². The first-order valence-electron chi connectivity index (χ1n) is 3.57. The lowest BCUT2D eigenvalue weighted by atomic mass is 10.2. The monoisotopic (exact) mass is 219 g/mol. The van der Waals surface area contributed by atoms with Gasteiger partial charge in [0.2, 0.25) is 0 Å². The van der Waals surface area contributed by atoms with Gasteiger partial charge in [-0.25, -0.2) is 0 Å². The smallest absolute Gasteiger partial charge is 0.0985 e. The Morgan fingerprint density at radius 1 is 1.58 bits per heavy atom. The Balaban J connectivity index is 0.000000720. The van der Waals surface area contributed by atoms with Crippen molar-refractivity contribution in [1.29, 1.82) is 0 Å². The zero-order valence-electron chi connectivity index (χ0n) is 6.74. The maximum atomic E-state index is 4.45. The molecule has 0 amide bonds. The number of hydrogen-bond donors (Lipinski definition) is 0. The SMILES string of the molecule is CSC1=NCCc2sccc21.Cl. The quantitative estimate of drug-likeness (QED) is 0.654. The fourth-order valence-corrected chi connectivity index (χ4v) is 2.81. The van der Waals surface area contributed by atoms with Crippen LogP contribution in [0, 0.1) is 0 Å². The van der Waals surface area contributed by atoms with Gasteiger partial charge in [0.15, 0.2) is 0 Å². The molecule has 0 aromatic carbocycles. The second-order valence-corrected chi connectivity index (χ2v) is 4.19. The second-order valence-electron chi connectivity index (χ2n) is 2.40. The molecule has 0 N–H and O–H groups in total. The van der Waals surface area contributed by atoms with Crippen molar-refractivity contribution in [1.82, 2.24) is 0 Å². The maximum Gasteiger partial charge on any atom is 0.0985 e. The molecule has 1 nitrogen and oxygen atoms in total. The first kappa shape index (κ1) is 10.1. The predicted molar refractivity (Wildman–Crippen MR) is 60.2 cm³/mol. The summed E-state index contributed by atoms with van der Waals surface area (Å²) in [6.45, 7) is 0.976. The molecule has 0 saturated carbocycles. The standard InChI is InChI=1S/C8H9NS2.ClH/c1-10-8-6-3-5-11-7(6)2-4-9-8;/h3,5H,2,4H2,1H3;1H. The highest BCUT2D eigenvalue weighted by atomic mass is 35.5. The minimum atomic E-state index is 0. The Kier molecular flexibility index (Phi) is 3.62. The van der Waals surface area contributed by atoms with Gasteiger partial charge in [0.1, 0.15) is 0 Å². The average molecular weight is 220 g/mol. The summed E-state index contributed by atoms with van der Waals surface area (Å²) >= 11 is 3.60. The van der Waals surface area contributed by atoms with Gasteiger partial charge >= 0.3 is 0 Å². The van der Waals surface area contributed by atoms with Crippen LogP contribution in [0.1, 0.15) is 10.4 Å². The van der Waals surface area contributed by atoms with E-state index < -0.39 is 0 Å². The van der Waals surface area contributed by atoms with Gasteiger partial charge in [-0.3, -0.25) is 4.99 Å². The molecule has 66 valence electrons. The Hall–Kier alpha value is 0.01000. The third-order valence-corrected chi connectivity index (χ3v) is 3.48. The molecule has 2 rings (SSSR count). The molecule has 0 spiro atoms. The largest absolute Gasteiger partial charge is 0.277 e. The summed E-state index contributed by atoms with van der Waals surface area (Å²) in [5.74, 6) is 0. The number of thioether (sulfide) groups is 1. The number of halogens is 1. The van der Waals surface area contributed by atoms with Crippen LogP contribution in [-0.4, -0.2) is 17.8 Å². The molecule has 4 heteroatoms. The van der Waals surface area contributed by atoms with Gasteiger partial charge in [-0.05, 0) is 17.7 Å². The van der Waals surface area contributed by atoms with E-state index >= 15 is 0 Å². The van der Waals surface area contributed by atoms with Gasteiger partial charge in [0.25, 0.3) is 0 Å². The number of rotatable bonds is 0. The van der Waals surface area contributed by atoms with Crippen molar-refractivity contribution in [3.8, 4) is 0 Å². The van der Waals surface area contributed by atoms with Gasteiger partial charge < -0.3 is 0 Å². The lowest BCUT2D eigenvalue weighted by molar-refractivity contribution is 0.972. The molecular weight excluding hydrogens is 210 g/mol. The van der Waals surface area contributed by atoms with Gasteiger partial charge in [-0.1, -0.05) is 0 Å². The summed E-state index contributed by atoms with van der Waals surface area (Å²) in [6.07, 6.45) is 3.22. The topological polar surface area (TPSA) is 12.4 Å². The molecule has 0 bridgehead atoms. The van der Waals surface area contributed by atoms with Crippen molar-refractivity contribution in [3.63, 3.8) is 0 Å². The average Bonchev–Trinajstić information content (AvgIpc) is 2.50. The first-order chi connectivity index (χ1) is 5.42. The van der Waals surface area contributed by atoms with Crippen LogP contribution in [0.5, 0.6) is 0 Å². The normalized spacial score (nSPS) is 14.6. The zero-order chi connectivity index (χ0) is 7.68. The molecule has 12 heavy (non-hydrogen) atoms.